The molecule has 23 heavy (non-hydrogen) atoms. The number of carbonyl (C=O) groups excluding carboxylic acids is 1. The van der Waals surface area contributed by atoms with Crippen molar-refractivity contribution in [3.05, 3.63) is 63.8 Å². The maximum atomic E-state index is 12.3. The van der Waals surface area contributed by atoms with Crippen LogP contribution in [0.15, 0.2) is 42.5 Å². The van der Waals surface area contributed by atoms with Crippen molar-refractivity contribution in [3.8, 4) is 0 Å². The number of halogens is 2. The number of carboxylic acids is 1. The van der Waals surface area contributed by atoms with E-state index in [4.69, 9.17) is 28.3 Å². The Labute approximate surface area is 140 Å². The Balaban J connectivity index is 1.94. The van der Waals surface area contributed by atoms with Crippen LogP contribution >= 0.6 is 23.2 Å². The molecule has 1 amide bonds. The minimum absolute atomic E-state index is 0.0399. The van der Waals surface area contributed by atoms with Gasteiger partial charge in [0.15, 0.2) is 0 Å². The summed E-state index contributed by atoms with van der Waals surface area (Å²) in [6.07, 6.45) is 0. The lowest BCUT2D eigenvalue weighted by Gasteiger charge is -2.08. The fourth-order valence-electron chi connectivity index (χ4n) is 2.22. The Bertz CT molecular complexity index is 934. The number of aromatic amines is 1. The minimum Gasteiger partial charge on any atom is -0.478 e. The summed E-state index contributed by atoms with van der Waals surface area (Å²) in [5, 5.41) is 13.4. The number of nitrogens with one attached hydrogen (secondary N) is 2. The molecule has 1 aromatic heterocycles. The van der Waals surface area contributed by atoms with E-state index in [0.29, 0.717) is 15.7 Å². The summed E-state index contributed by atoms with van der Waals surface area (Å²) in [6, 6.07) is 11.0. The van der Waals surface area contributed by atoms with E-state index in [1.54, 1.807) is 24.3 Å². The maximum Gasteiger partial charge on any atom is 0.337 e. The van der Waals surface area contributed by atoms with Crippen molar-refractivity contribution in [2.75, 3.05) is 5.32 Å². The zero-order valence-electron chi connectivity index (χ0n) is 11.6. The van der Waals surface area contributed by atoms with Gasteiger partial charge in [-0.2, -0.15) is 0 Å². The van der Waals surface area contributed by atoms with E-state index in [1.807, 2.05) is 0 Å². The van der Waals surface area contributed by atoms with Gasteiger partial charge >= 0.3 is 5.97 Å². The Kier molecular flexibility index (Phi) is 3.98. The zero-order valence-corrected chi connectivity index (χ0v) is 13.1. The summed E-state index contributed by atoms with van der Waals surface area (Å²) in [4.78, 5) is 26.5. The summed E-state index contributed by atoms with van der Waals surface area (Å²) in [7, 11) is 0. The van der Waals surface area contributed by atoms with Crippen molar-refractivity contribution in [1.82, 2.24) is 4.98 Å². The quantitative estimate of drug-likeness (QED) is 0.654. The predicted molar refractivity (Wildman–Crippen MR) is 89.7 cm³/mol. The molecule has 0 unspecified atom stereocenters. The highest BCUT2D eigenvalue weighted by Crippen LogP contribution is 2.24. The molecule has 0 saturated carbocycles. The van der Waals surface area contributed by atoms with Gasteiger partial charge in [-0.15, -0.1) is 0 Å². The molecule has 3 rings (SSSR count). The molecular formula is C16H10Cl2N2O3. The molecular weight excluding hydrogens is 339 g/mol. The molecule has 0 fully saturated rings. The first-order chi connectivity index (χ1) is 10.9. The van der Waals surface area contributed by atoms with Gasteiger partial charge in [-0.3, -0.25) is 4.79 Å². The molecule has 116 valence electrons. The fourth-order valence-corrected chi connectivity index (χ4v) is 2.57. The first-order valence-electron chi connectivity index (χ1n) is 6.56. The number of hydrogen-bond donors (Lipinski definition) is 3. The number of fused-ring (bicyclic) bond motifs is 1. The number of carbonyl (C=O) groups is 2. The third-order valence-corrected chi connectivity index (χ3v) is 3.76. The van der Waals surface area contributed by atoms with Crippen LogP contribution in [0, 0.1) is 0 Å². The highest BCUT2D eigenvalue weighted by Gasteiger charge is 2.15. The van der Waals surface area contributed by atoms with Gasteiger partial charge in [0.2, 0.25) is 0 Å². The highest BCUT2D eigenvalue weighted by molar-refractivity contribution is 6.31. The second-order valence-electron chi connectivity index (χ2n) is 4.86. The number of benzene rings is 2. The van der Waals surface area contributed by atoms with Crippen LogP contribution in [0.3, 0.4) is 0 Å². The molecule has 2 aromatic carbocycles. The number of H-pyrrole nitrogens is 1. The zero-order chi connectivity index (χ0) is 16.6. The van der Waals surface area contributed by atoms with E-state index in [0.717, 1.165) is 10.9 Å². The molecule has 3 N–H and O–H groups in total. The van der Waals surface area contributed by atoms with Gasteiger partial charge in [-0.05, 0) is 42.5 Å². The van der Waals surface area contributed by atoms with Gasteiger partial charge in [-0.1, -0.05) is 23.2 Å². The largest absolute Gasteiger partial charge is 0.478 e. The number of hydrogen-bond acceptors (Lipinski definition) is 2. The van der Waals surface area contributed by atoms with Crippen LogP contribution in [-0.2, 0) is 0 Å². The van der Waals surface area contributed by atoms with Crippen molar-refractivity contribution in [2.24, 2.45) is 0 Å². The fraction of sp³-hybridized carbons (Fsp3) is 0. The molecule has 0 aliphatic heterocycles. The number of rotatable bonds is 3. The number of anilines is 1. The summed E-state index contributed by atoms with van der Waals surface area (Å²) in [6.45, 7) is 0. The lowest BCUT2D eigenvalue weighted by Crippen LogP contribution is -2.15. The highest BCUT2D eigenvalue weighted by atomic mass is 35.5. The van der Waals surface area contributed by atoms with E-state index in [-0.39, 0.29) is 11.3 Å². The average molecular weight is 349 g/mol. The van der Waals surface area contributed by atoms with Gasteiger partial charge in [0.1, 0.15) is 5.69 Å². The SMILES string of the molecule is O=C(Nc1cc(Cl)ccc1C(=O)O)c1cc2cc(Cl)ccc2[nH]1. The molecule has 7 heteroatoms. The Morgan fingerprint density at radius 2 is 1.70 bits per heavy atom. The second-order valence-corrected chi connectivity index (χ2v) is 5.74. The van der Waals surface area contributed by atoms with Crippen LogP contribution in [-0.4, -0.2) is 22.0 Å². The first kappa shape index (κ1) is 15.4. The van der Waals surface area contributed by atoms with Crippen LogP contribution in [0.2, 0.25) is 10.0 Å². The lowest BCUT2D eigenvalue weighted by molar-refractivity contribution is 0.0698. The van der Waals surface area contributed by atoms with Gasteiger partial charge in [0, 0.05) is 20.9 Å². The summed E-state index contributed by atoms with van der Waals surface area (Å²) < 4.78 is 0. The van der Waals surface area contributed by atoms with Crippen molar-refractivity contribution in [2.45, 2.75) is 0 Å². The van der Waals surface area contributed by atoms with Gasteiger partial charge in [-0.25, -0.2) is 4.79 Å². The monoisotopic (exact) mass is 348 g/mol. The number of aromatic carboxylic acids is 1. The van der Waals surface area contributed by atoms with Crippen LogP contribution < -0.4 is 5.32 Å². The molecule has 5 nitrogen and oxygen atoms in total. The summed E-state index contributed by atoms with van der Waals surface area (Å²) in [5.41, 5.74) is 1.14. The smallest absolute Gasteiger partial charge is 0.337 e. The standard InChI is InChI=1S/C16H10Cl2N2O3/c17-9-2-4-12-8(5-9)6-14(19-12)15(21)20-13-7-10(18)1-3-11(13)16(22)23/h1-7,19H,(H,20,21)(H,22,23). The molecule has 0 atom stereocenters. The lowest BCUT2D eigenvalue weighted by atomic mass is 10.1. The Hall–Kier alpha value is -2.50. The van der Waals surface area contributed by atoms with Crippen molar-refractivity contribution in [3.63, 3.8) is 0 Å². The molecule has 0 aliphatic carbocycles. The van der Waals surface area contributed by atoms with Gasteiger partial charge in [0.05, 0.1) is 11.3 Å². The van der Waals surface area contributed by atoms with E-state index < -0.39 is 11.9 Å². The van der Waals surface area contributed by atoms with E-state index >= 15 is 0 Å². The second kappa shape index (κ2) is 5.95. The van der Waals surface area contributed by atoms with Crippen LogP contribution in [0.25, 0.3) is 10.9 Å². The first-order valence-corrected chi connectivity index (χ1v) is 7.32. The Morgan fingerprint density at radius 3 is 2.43 bits per heavy atom. The maximum absolute atomic E-state index is 12.3. The molecule has 0 radical (unpaired) electrons. The molecule has 1 heterocycles. The van der Waals surface area contributed by atoms with Crippen LogP contribution in [0.4, 0.5) is 5.69 Å². The number of amides is 1. The normalized spacial score (nSPS) is 10.7. The molecule has 0 bridgehead atoms. The van der Waals surface area contributed by atoms with Crippen molar-refractivity contribution in [1.29, 1.82) is 0 Å². The third kappa shape index (κ3) is 3.16. The molecule has 0 aliphatic rings. The average Bonchev–Trinajstić information content (AvgIpc) is 2.90. The Morgan fingerprint density at radius 1 is 1.00 bits per heavy atom. The summed E-state index contributed by atoms with van der Waals surface area (Å²) >= 11 is 11.8. The predicted octanol–water partition coefficient (Wildman–Crippen LogP) is 4.43. The van der Waals surface area contributed by atoms with Gasteiger partial charge < -0.3 is 15.4 Å². The van der Waals surface area contributed by atoms with Crippen LogP contribution in [0.5, 0.6) is 0 Å². The van der Waals surface area contributed by atoms with E-state index in [9.17, 15) is 9.59 Å². The van der Waals surface area contributed by atoms with Crippen molar-refractivity contribution >= 4 is 51.7 Å². The van der Waals surface area contributed by atoms with E-state index in [2.05, 4.69) is 10.3 Å². The number of carboxylic acid groups (broad SMARTS) is 1. The van der Waals surface area contributed by atoms with Gasteiger partial charge in [0.25, 0.3) is 5.91 Å². The van der Waals surface area contributed by atoms with E-state index in [1.165, 1.54) is 18.2 Å². The minimum atomic E-state index is -1.15. The van der Waals surface area contributed by atoms with Crippen LogP contribution in [0.1, 0.15) is 20.8 Å². The van der Waals surface area contributed by atoms with Crippen molar-refractivity contribution < 1.29 is 14.7 Å². The third-order valence-electron chi connectivity index (χ3n) is 3.29. The molecule has 3 aromatic rings. The molecule has 0 spiro atoms. The topological polar surface area (TPSA) is 82.2 Å². The summed E-state index contributed by atoms with van der Waals surface area (Å²) in [5.74, 6) is -1.62. The molecule has 0 saturated heterocycles. The number of aromatic nitrogens is 1.